The van der Waals surface area contributed by atoms with Crippen LogP contribution in [0.25, 0.3) is 11.0 Å². The SMILES string of the molecule is CC(C)n1ncc2nc(Br)cc(N[C@@H]3CCOC3)c21. The van der Waals surface area contributed by atoms with Crippen molar-refractivity contribution in [3.63, 3.8) is 0 Å². The Labute approximate surface area is 120 Å². The number of hydrogen-bond donors (Lipinski definition) is 1. The van der Waals surface area contributed by atoms with E-state index in [1.807, 2.05) is 16.9 Å². The number of fused-ring (bicyclic) bond motifs is 1. The summed E-state index contributed by atoms with van der Waals surface area (Å²) in [5.41, 5.74) is 3.04. The summed E-state index contributed by atoms with van der Waals surface area (Å²) < 4.78 is 8.25. The summed E-state index contributed by atoms with van der Waals surface area (Å²) in [5, 5.41) is 7.98. The monoisotopic (exact) mass is 324 g/mol. The summed E-state index contributed by atoms with van der Waals surface area (Å²) in [6, 6.07) is 2.69. The second-order valence-electron chi connectivity index (χ2n) is 5.11. The van der Waals surface area contributed by atoms with Crippen molar-refractivity contribution < 1.29 is 4.74 Å². The van der Waals surface area contributed by atoms with Crippen molar-refractivity contribution in [3.05, 3.63) is 16.9 Å². The van der Waals surface area contributed by atoms with Gasteiger partial charge in [0, 0.05) is 12.6 Å². The minimum absolute atomic E-state index is 0.306. The topological polar surface area (TPSA) is 52.0 Å². The molecule has 5 nitrogen and oxygen atoms in total. The molecule has 1 saturated heterocycles. The van der Waals surface area contributed by atoms with Crippen LogP contribution in [0.3, 0.4) is 0 Å². The Kier molecular flexibility index (Phi) is 3.45. The van der Waals surface area contributed by atoms with Crippen LogP contribution in [0.5, 0.6) is 0 Å². The average Bonchev–Trinajstić information content (AvgIpc) is 2.96. The maximum Gasteiger partial charge on any atom is 0.112 e. The Morgan fingerprint density at radius 2 is 2.37 bits per heavy atom. The molecule has 0 aromatic carbocycles. The van der Waals surface area contributed by atoms with Crippen molar-refractivity contribution in [2.45, 2.75) is 32.4 Å². The third-order valence-corrected chi connectivity index (χ3v) is 3.71. The Morgan fingerprint density at radius 3 is 3.05 bits per heavy atom. The summed E-state index contributed by atoms with van der Waals surface area (Å²) >= 11 is 3.46. The zero-order chi connectivity index (χ0) is 13.4. The van der Waals surface area contributed by atoms with Gasteiger partial charge in [-0.1, -0.05) is 0 Å². The third kappa shape index (κ3) is 2.47. The lowest BCUT2D eigenvalue weighted by Gasteiger charge is -2.16. The van der Waals surface area contributed by atoms with Gasteiger partial charge in [-0.15, -0.1) is 0 Å². The van der Waals surface area contributed by atoms with Crippen LogP contribution in [0.2, 0.25) is 0 Å². The molecule has 19 heavy (non-hydrogen) atoms. The largest absolute Gasteiger partial charge is 0.379 e. The molecule has 0 aliphatic carbocycles. The Hall–Kier alpha value is -1.14. The number of rotatable bonds is 3. The van der Waals surface area contributed by atoms with E-state index in [2.05, 4.69) is 45.2 Å². The molecule has 1 atom stereocenters. The van der Waals surface area contributed by atoms with E-state index in [0.29, 0.717) is 12.1 Å². The second kappa shape index (κ2) is 5.09. The lowest BCUT2D eigenvalue weighted by Crippen LogP contribution is -2.20. The first-order valence-electron chi connectivity index (χ1n) is 6.53. The minimum atomic E-state index is 0.306. The van der Waals surface area contributed by atoms with Crippen LogP contribution in [0.1, 0.15) is 26.3 Å². The van der Waals surface area contributed by atoms with Gasteiger partial charge in [0.2, 0.25) is 0 Å². The molecule has 102 valence electrons. The number of aromatic nitrogens is 3. The summed E-state index contributed by atoms with van der Waals surface area (Å²) in [5.74, 6) is 0. The standard InChI is InChI=1S/C13H17BrN4O/c1-8(2)18-13-10(16-9-3-4-19-7-9)5-12(14)17-11(13)6-15-18/h5-6,8-9H,3-4,7H2,1-2H3,(H,16,17)/t9-/m1/s1. The molecule has 1 N–H and O–H groups in total. The van der Waals surface area contributed by atoms with Gasteiger partial charge in [-0.3, -0.25) is 4.68 Å². The van der Waals surface area contributed by atoms with Crippen molar-refractivity contribution in [2.75, 3.05) is 18.5 Å². The highest BCUT2D eigenvalue weighted by Crippen LogP contribution is 2.28. The van der Waals surface area contributed by atoms with Gasteiger partial charge in [-0.2, -0.15) is 5.10 Å². The van der Waals surface area contributed by atoms with Crippen LogP contribution in [0.15, 0.2) is 16.9 Å². The molecule has 3 rings (SSSR count). The predicted octanol–water partition coefficient (Wildman–Crippen LogP) is 2.98. The zero-order valence-electron chi connectivity index (χ0n) is 11.1. The van der Waals surface area contributed by atoms with E-state index in [4.69, 9.17) is 4.74 Å². The lowest BCUT2D eigenvalue weighted by atomic mass is 10.2. The van der Waals surface area contributed by atoms with Gasteiger partial charge in [0.1, 0.15) is 15.6 Å². The van der Waals surface area contributed by atoms with Gasteiger partial charge in [0.15, 0.2) is 0 Å². The molecule has 0 bridgehead atoms. The number of halogens is 1. The second-order valence-corrected chi connectivity index (χ2v) is 5.93. The number of pyridine rings is 1. The maximum atomic E-state index is 5.42. The molecule has 1 fully saturated rings. The zero-order valence-corrected chi connectivity index (χ0v) is 12.6. The Balaban J connectivity index is 2.06. The van der Waals surface area contributed by atoms with Crippen LogP contribution in [0, 0.1) is 0 Å². The first-order chi connectivity index (χ1) is 9.15. The van der Waals surface area contributed by atoms with Gasteiger partial charge < -0.3 is 10.1 Å². The highest BCUT2D eigenvalue weighted by Gasteiger charge is 2.19. The molecule has 1 aliphatic heterocycles. The van der Waals surface area contributed by atoms with Crippen LogP contribution in [0.4, 0.5) is 5.69 Å². The molecule has 1 aliphatic rings. The maximum absolute atomic E-state index is 5.42. The first-order valence-corrected chi connectivity index (χ1v) is 7.32. The molecule has 0 spiro atoms. The van der Waals surface area contributed by atoms with Gasteiger partial charge in [-0.05, 0) is 42.3 Å². The molecular formula is C13H17BrN4O. The van der Waals surface area contributed by atoms with E-state index in [-0.39, 0.29) is 0 Å². The van der Waals surface area contributed by atoms with Crippen molar-refractivity contribution in [1.82, 2.24) is 14.8 Å². The van der Waals surface area contributed by atoms with Crippen LogP contribution >= 0.6 is 15.9 Å². The normalized spacial score (nSPS) is 19.5. The molecule has 0 unspecified atom stereocenters. The van der Waals surface area contributed by atoms with Gasteiger partial charge in [0.25, 0.3) is 0 Å². The van der Waals surface area contributed by atoms with E-state index in [1.54, 1.807) is 0 Å². The quantitative estimate of drug-likeness (QED) is 0.882. The molecule has 0 radical (unpaired) electrons. The van der Waals surface area contributed by atoms with Gasteiger partial charge in [0.05, 0.1) is 24.5 Å². The van der Waals surface area contributed by atoms with E-state index in [9.17, 15) is 0 Å². The van der Waals surface area contributed by atoms with Crippen molar-refractivity contribution >= 4 is 32.7 Å². The predicted molar refractivity (Wildman–Crippen MR) is 78.5 cm³/mol. The molecular weight excluding hydrogens is 308 g/mol. The number of anilines is 1. The van der Waals surface area contributed by atoms with E-state index in [1.165, 1.54) is 0 Å². The van der Waals surface area contributed by atoms with E-state index < -0.39 is 0 Å². The van der Waals surface area contributed by atoms with Gasteiger partial charge >= 0.3 is 0 Å². The number of nitrogens with zero attached hydrogens (tertiary/aromatic N) is 3. The average molecular weight is 325 g/mol. The highest BCUT2D eigenvalue weighted by molar-refractivity contribution is 9.10. The van der Waals surface area contributed by atoms with Crippen molar-refractivity contribution in [3.8, 4) is 0 Å². The highest BCUT2D eigenvalue weighted by atomic mass is 79.9. The van der Waals surface area contributed by atoms with Gasteiger partial charge in [-0.25, -0.2) is 4.98 Å². The molecule has 0 amide bonds. The van der Waals surface area contributed by atoms with Crippen molar-refractivity contribution in [1.29, 1.82) is 0 Å². The van der Waals surface area contributed by atoms with Crippen LogP contribution < -0.4 is 5.32 Å². The Bertz CT molecular complexity index is 590. The molecule has 0 saturated carbocycles. The third-order valence-electron chi connectivity index (χ3n) is 3.30. The van der Waals surface area contributed by atoms with Crippen molar-refractivity contribution in [2.24, 2.45) is 0 Å². The summed E-state index contributed by atoms with van der Waals surface area (Å²) in [4.78, 5) is 4.48. The lowest BCUT2D eigenvalue weighted by molar-refractivity contribution is 0.195. The summed E-state index contributed by atoms with van der Waals surface area (Å²) in [6.45, 7) is 5.83. The molecule has 6 heteroatoms. The number of nitrogens with one attached hydrogen (secondary N) is 1. The summed E-state index contributed by atoms with van der Waals surface area (Å²) in [7, 11) is 0. The summed E-state index contributed by atoms with van der Waals surface area (Å²) in [6.07, 6.45) is 2.85. The van der Waals surface area contributed by atoms with E-state index in [0.717, 1.165) is 41.0 Å². The number of ether oxygens (including phenoxy) is 1. The molecule has 2 aromatic heterocycles. The fraction of sp³-hybridized carbons (Fsp3) is 0.538. The van der Waals surface area contributed by atoms with E-state index >= 15 is 0 Å². The smallest absolute Gasteiger partial charge is 0.112 e. The molecule has 3 heterocycles. The minimum Gasteiger partial charge on any atom is -0.379 e. The molecule has 2 aromatic rings. The van der Waals surface area contributed by atoms with Crippen LogP contribution in [-0.2, 0) is 4.74 Å². The fourth-order valence-electron chi connectivity index (χ4n) is 2.40. The van der Waals surface area contributed by atoms with Crippen LogP contribution in [-0.4, -0.2) is 34.0 Å². The first kappa shape index (κ1) is 12.9. The fourth-order valence-corrected chi connectivity index (χ4v) is 2.82. The Morgan fingerprint density at radius 1 is 1.53 bits per heavy atom. The number of hydrogen-bond acceptors (Lipinski definition) is 4.